The van der Waals surface area contributed by atoms with Crippen molar-refractivity contribution >= 4 is 34.7 Å². The normalized spacial score (nSPS) is 19.1. The van der Waals surface area contributed by atoms with Crippen molar-refractivity contribution in [3.05, 3.63) is 116 Å². The fraction of sp³-hybridized carbons (Fsp3) is 0.425. The summed E-state index contributed by atoms with van der Waals surface area (Å²) in [5.74, 6) is 2.62. The van der Waals surface area contributed by atoms with Crippen molar-refractivity contribution in [3.63, 3.8) is 0 Å². The van der Waals surface area contributed by atoms with Crippen LogP contribution in [-0.4, -0.2) is 85.2 Å². The quantitative estimate of drug-likeness (QED) is 0.0592. The zero-order valence-electron chi connectivity index (χ0n) is 30.8. The molecule has 1 aliphatic heterocycles. The molecule has 0 radical (unpaired) electrons. The zero-order chi connectivity index (χ0) is 37.4. The number of aliphatic hydroxyl groups is 1. The standard InChI is InChI=1S/C40H49IN4O7/c1-26(2)21-44(22-27(3)4)25-42-37-33(41)23-45(39(47)43-37)38-36(50-7)35(46)34(52-38)24-51-40(28-11-9-8-10-12-28,29-13-17-31(48-5)18-14-29)30-15-19-32(49-6)20-16-30/h8-20,23,25-27,34-36,38,46H,21-22,24H2,1-7H3. The maximum atomic E-state index is 13.5. The van der Waals surface area contributed by atoms with E-state index in [0.29, 0.717) is 32.7 Å². The second-order valence-electron chi connectivity index (χ2n) is 13.7. The van der Waals surface area contributed by atoms with Crippen LogP contribution < -0.4 is 15.2 Å². The number of hydrogen-bond acceptors (Lipinski definition) is 9. The van der Waals surface area contributed by atoms with Crippen molar-refractivity contribution in [2.45, 2.75) is 57.8 Å². The lowest BCUT2D eigenvalue weighted by molar-refractivity contribution is -0.0967. The highest BCUT2D eigenvalue weighted by Crippen LogP contribution is 2.43. The van der Waals surface area contributed by atoms with E-state index in [1.54, 1.807) is 26.8 Å². The van der Waals surface area contributed by atoms with Crippen LogP contribution >= 0.6 is 22.6 Å². The summed E-state index contributed by atoms with van der Waals surface area (Å²) >= 11 is 2.12. The van der Waals surface area contributed by atoms with Crippen LogP contribution in [0.25, 0.3) is 0 Å². The van der Waals surface area contributed by atoms with Gasteiger partial charge in [-0.05, 0) is 75.4 Å². The van der Waals surface area contributed by atoms with Crippen molar-refractivity contribution in [1.29, 1.82) is 0 Å². The van der Waals surface area contributed by atoms with E-state index in [9.17, 15) is 9.90 Å². The highest BCUT2D eigenvalue weighted by atomic mass is 127. The van der Waals surface area contributed by atoms with Crippen LogP contribution in [0.15, 0.2) is 94.8 Å². The average Bonchev–Trinajstić information content (AvgIpc) is 3.46. The number of aromatic nitrogens is 2. The molecule has 3 aromatic carbocycles. The van der Waals surface area contributed by atoms with Crippen LogP contribution in [0.2, 0.25) is 0 Å². The van der Waals surface area contributed by atoms with Gasteiger partial charge in [-0.2, -0.15) is 4.98 Å². The highest BCUT2D eigenvalue weighted by molar-refractivity contribution is 14.1. The monoisotopic (exact) mass is 824 g/mol. The second-order valence-corrected chi connectivity index (χ2v) is 14.8. The van der Waals surface area contributed by atoms with E-state index in [-0.39, 0.29) is 6.61 Å². The molecule has 4 unspecified atom stereocenters. The Morgan fingerprint density at radius 1 is 0.904 bits per heavy atom. The molecule has 5 rings (SSSR count). The zero-order valence-corrected chi connectivity index (χ0v) is 33.0. The van der Waals surface area contributed by atoms with Gasteiger partial charge in [0.15, 0.2) is 12.0 Å². The molecular weight excluding hydrogens is 775 g/mol. The molecule has 2 heterocycles. The van der Waals surface area contributed by atoms with Gasteiger partial charge >= 0.3 is 5.69 Å². The number of methoxy groups -OCH3 is 3. The van der Waals surface area contributed by atoms with Crippen LogP contribution in [0, 0.1) is 15.4 Å². The molecule has 0 amide bonds. The molecular formula is C40H49IN4O7. The molecule has 1 aromatic heterocycles. The predicted molar refractivity (Wildman–Crippen MR) is 210 cm³/mol. The SMILES string of the molecule is COc1ccc(C(OCC2OC(n3cc(I)c(N=CN(CC(C)C)CC(C)C)nc3=O)C(OC)C2O)(c2ccccc2)c2ccc(OC)cc2)cc1. The Morgan fingerprint density at radius 2 is 1.44 bits per heavy atom. The number of benzene rings is 3. The maximum Gasteiger partial charge on any atom is 0.351 e. The van der Waals surface area contributed by atoms with E-state index in [4.69, 9.17) is 23.7 Å². The minimum Gasteiger partial charge on any atom is -0.497 e. The smallest absolute Gasteiger partial charge is 0.351 e. The molecule has 4 atom stereocenters. The largest absolute Gasteiger partial charge is 0.497 e. The molecule has 278 valence electrons. The summed E-state index contributed by atoms with van der Waals surface area (Å²) in [4.78, 5) is 24.6. The van der Waals surface area contributed by atoms with Crippen molar-refractivity contribution in [2.75, 3.05) is 41.0 Å². The molecule has 12 heteroatoms. The number of nitrogens with zero attached hydrogens (tertiary/aromatic N) is 4. The van der Waals surface area contributed by atoms with Gasteiger partial charge in [-0.25, -0.2) is 9.79 Å². The van der Waals surface area contributed by atoms with Gasteiger partial charge in [0, 0.05) is 26.4 Å². The predicted octanol–water partition coefficient (Wildman–Crippen LogP) is 6.42. The first kappa shape index (κ1) is 39.4. The molecule has 0 bridgehead atoms. The lowest BCUT2D eigenvalue weighted by Gasteiger charge is -2.37. The van der Waals surface area contributed by atoms with Gasteiger partial charge in [-0.1, -0.05) is 82.3 Å². The lowest BCUT2D eigenvalue weighted by atomic mass is 9.80. The fourth-order valence-electron chi connectivity index (χ4n) is 6.57. The minimum absolute atomic E-state index is 0.0480. The van der Waals surface area contributed by atoms with Crippen molar-refractivity contribution in [1.82, 2.24) is 14.5 Å². The minimum atomic E-state index is -1.13. The third kappa shape index (κ3) is 8.85. The first-order valence-electron chi connectivity index (χ1n) is 17.4. The van der Waals surface area contributed by atoms with Crippen molar-refractivity contribution in [2.24, 2.45) is 16.8 Å². The fourth-order valence-corrected chi connectivity index (χ4v) is 7.13. The average molecular weight is 825 g/mol. The number of hydrogen-bond donors (Lipinski definition) is 1. The maximum absolute atomic E-state index is 13.5. The van der Waals surface area contributed by atoms with E-state index < -0.39 is 35.8 Å². The van der Waals surface area contributed by atoms with Gasteiger partial charge in [-0.15, -0.1) is 0 Å². The third-order valence-corrected chi connectivity index (χ3v) is 9.69. The van der Waals surface area contributed by atoms with Gasteiger partial charge in [0.2, 0.25) is 0 Å². The molecule has 0 spiro atoms. The van der Waals surface area contributed by atoms with Crippen molar-refractivity contribution in [3.8, 4) is 11.5 Å². The molecule has 1 saturated heterocycles. The first-order chi connectivity index (χ1) is 25.0. The summed E-state index contributed by atoms with van der Waals surface area (Å²) in [6.45, 7) is 10.3. The Labute approximate surface area is 319 Å². The van der Waals surface area contributed by atoms with Crippen LogP contribution in [0.4, 0.5) is 5.82 Å². The van der Waals surface area contributed by atoms with E-state index in [1.807, 2.05) is 78.9 Å². The highest BCUT2D eigenvalue weighted by Gasteiger charge is 2.48. The summed E-state index contributed by atoms with van der Waals surface area (Å²) in [6, 6.07) is 25.3. The van der Waals surface area contributed by atoms with E-state index in [1.165, 1.54) is 11.7 Å². The topological polar surface area (TPSA) is 117 Å². The molecule has 4 aromatic rings. The van der Waals surface area contributed by atoms with Crippen molar-refractivity contribution < 1.29 is 28.8 Å². The lowest BCUT2D eigenvalue weighted by Crippen LogP contribution is -2.40. The number of rotatable bonds is 16. The summed E-state index contributed by atoms with van der Waals surface area (Å²) in [7, 11) is 4.73. The van der Waals surface area contributed by atoms with Gasteiger partial charge < -0.3 is 33.7 Å². The van der Waals surface area contributed by atoms with Gasteiger partial charge in [0.1, 0.15) is 35.4 Å². The van der Waals surface area contributed by atoms with E-state index in [0.717, 1.165) is 29.8 Å². The Hall–Kier alpha value is -3.82. The first-order valence-corrected chi connectivity index (χ1v) is 18.5. The molecule has 0 saturated carbocycles. The number of aliphatic imine (C=N–C) groups is 1. The molecule has 1 fully saturated rings. The van der Waals surface area contributed by atoms with E-state index >= 15 is 0 Å². The number of ether oxygens (including phenoxy) is 5. The summed E-state index contributed by atoms with van der Waals surface area (Å²) < 4.78 is 32.1. The Kier molecular flexibility index (Phi) is 13.5. The van der Waals surface area contributed by atoms with Gasteiger partial charge in [0.25, 0.3) is 0 Å². The third-order valence-electron chi connectivity index (χ3n) is 8.93. The molecule has 0 aliphatic carbocycles. The Bertz CT molecular complexity index is 1760. The van der Waals surface area contributed by atoms with Crippen LogP contribution in [0.5, 0.6) is 11.5 Å². The summed E-state index contributed by atoms with van der Waals surface area (Å²) in [6.07, 6.45) is -0.422. The van der Waals surface area contributed by atoms with Crippen LogP contribution in [0.3, 0.4) is 0 Å². The van der Waals surface area contributed by atoms with Crippen LogP contribution in [0.1, 0.15) is 50.6 Å². The Morgan fingerprint density at radius 3 is 1.94 bits per heavy atom. The van der Waals surface area contributed by atoms with Crippen LogP contribution in [-0.2, 0) is 19.8 Å². The second kappa shape index (κ2) is 17.8. The van der Waals surface area contributed by atoms with E-state index in [2.05, 4.69) is 65.2 Å². The Balaban J connectivity index is 1.47. The molecule has 11 nitrogen and oxygen atoms in total. The van der Waals surface area contributed by atoms with Gasteiger partial charge in [0.05, 0.1) is 30.7 Å². The molecule has 1 N–H and O–H groups in total. The van der Waals surface area contributed by atoms with Gasteiger partial charge in [-0.3, -0.25) is 4.57 Å². The number of halogens is 1. The molecule has 1 aliphatic rings. The summed E-state index contributed by atoms with van der Waals surface area (Å²) in [5, 5.41) is 11.6. The molecule has 52 heavy (non-hydrogen) atoms. The summed E-state index contributed by atoms with van der Waals surface area (Å²) in [5.41, 5.74) is 0.842. The number of aliphatic hydroxyl groups excluding tert-OH is 1.